The van der Waals surface area contributed by atoms with Crippen molar-refractivity contribution in [1.82, 2.24) is 19.9 Å². The molecule has 0 aliphatic heterocycles. The first-order valence-corrected chi connectivity index (χ1v) is 6.78. The summed E-state index contributed by atoms with van der Waals surface area (Å²) in [5, 5.41) is 3.30. The molecular weight excluding hydrogens is 293 g/mol. The molecule has 5 nitrogen and oxygen atoms in total. The van der Waals surface area contributed by atoms with Crippen LogP contribution in [0.3, 0.4) is 0 Å². The summed E-state index contributed by atoms with van der Waals surface area (Å²) in [4.78, 5) is 15.2. The van der Waals surface area contributed by atoms with Gasteiger partial charge in [0.05, 0.1) is 6.33 Å². The van der Waals surface area contributed by atoms with Gasteiger partial charge in [-0.1, -0.05) is 12.1 Å². The molecule has 0 aliphatic carbocycles. The molecule has 1 aromatic carbocycles. The fraction of sp³-hybridized carbons (Fsp3) is 0.214. The highest BCUT2D eigenvalue weighted by Gasteiger charge is 2.09. The van der Waals surface area contributed by atoms with Crippen molar-refractivity contribution in [3.8, 4) is 0 Å². The van der Waals surface area contributed by atoms with Crippen LogP contribution in [-0.2, 0) is 6.54 Å². The van der Waals surface area contributed by atoms with Crippen LogP contribution in [0.1, 0.15) is 16.7 Å². The van der Waals surface area contributed by atoms with Crippen LogP contribution in [0.2, 0.25) is 5.28 Å². The summed E-state index contributed by atoms with van der Waals surface area (Å²) in [7, 11) is 0. The minimum absolute atomic E-state index is 0.128. The topological polar surface area (TPSA) is 66.5 Å². The molecule has 0 amide bonds. The second-order valence-corrected chi connectivity index (χ2v) is 5.18. The van der Waals surface area contributed by atoms with E-state index in [1.165, 1.54) is 6.33 Å². The van der Waals surface area contributed by atoms with Gasteiger partial charge >= 0.3 is 0 Å². The normalized spacial score (nSPS) is 11.0. The Morgan fingerprint density at radius 2 is 1.95 bits per heavy atom. The van der Waals surface area contributed by atoms with Gasteiger partial charge in [0.15, 0.2) is 11.5 Å². The molecule has 0 bridgehead atoms. The van der Waals surface area contributed by atoms with E-state index in [0.29, 0.717) is 34.7 Å². The summed E-state index contributed by atoms with van der Waals surface area (Å²) < 4.78 is 13.6. The Kier molecular flexibility index (Phi) is 3.47. The van der Waals surface area contributed by atoms with Crippen LogP contribution in [0, 0.1) is 19.7 Å². The van der Waals surface area contributed by atoms with Crippen LogP contribution in [0.5, 0.6) is 0 Å². The summed E-state index contributed by atoms with van der Waals surface area (Å²) in [5.74, 6) is 0.405. The molecule has 0 atom stereocenters. The quantitative estimate of drug-likeness (QED) is 0.728. The molecule has 2 aromatic heterocycles. The molecule has 0 radical (unpaired) electrons. The number of benzene rings is 1. The molecule has 2 heterocycles. The predicted molar refractivity (Wildman–Crippen MR) is 79.9 cm³/mol. The number of fused-ring (bicyclic) bond motifs is 1. The molecule has 0 spiro atoms. The van der Waals surface area contributed by atoms with E-state index < -0.39 is 0 Å². The number of hydrogen-bond donors (Lipinski definition) is 2. The number of hydrogen-bond acceptors (Lipinski definition) is 4. The number of nitrogens with one attached hydrogen (secondary N) is 2. The third-order valence-electron chi connectivity index (χ3n) is 3.21. The van der Waals surface area contributed by atoms with Crippen LogP contribution < -0.4 is 5.32 Å². The monoisotopic (exact) mass is 305 g/mol. The van der Waals surface area contributed by atoms with E-state index in [1.54, 1.807) is 13.8 Å². The second kappa shape index (κ2) is 5.29. The molecule has 0 fully saturated rings. The summed E-state index contributed by atoms with van der Waals surface area (Å²) in [5.41, 5.74) is 3.41. The third-order valence-corrected chi connectivity index (χ3v) is 3.38. The Hall–Kier alpha value is -2.21. The molecule has 21 heavy (non-hydrogen) atoms. The van der Waals surface area contributed by atoms with Gasteiger partial charge in [-0.05, 0) is 42.1 Å². The number of anilines is 1. The number of imidazole rings is 1. The number of aromatic nitrogens is 4. The Morgan fingerprint density at radius 3 is 2.67 bits per heavy atom. The Labute approximate surface area is 125 Å². The highest BCUT2D eigenvalue weighted by Crippen LogP contribution is 2.20. The highest BCUT2D eigenvalue weighted by atomic mass is 35.5. The maximum absolute atomic E-state index is 13.6. The largest absolute Gasteiger partial charge is 0.364 e. The van der Waals surface area contributed by atoms with E-state index in [9.17, 15) is 4.39 Å². The van der Waals surface area contributed by atoms with Crippen molar-refractivity contribution in [1.29, 1.82) is 0 Å². The third kappa shape index (κ3) is 2.67. The summed E-state index contributed by atoms with van der Waals surface area (Å²) in [6.07, 6.45) is 1.53. The second-order valence-electron chi connectivity index (χ2n) is 4.84. The molecule has 7 heteroatoms. The van der Waals surface area contributed by atoms with Crippen LogP contribution in [0.25, 0.3) is 11.2 Å². The fourth-order valence-corrected chi connectivity index (χ4v) is 2.42. The van der Waals surface area contributed by atoms with Crippen LogP contribution in [0.15, 0.2) is 18.5 Å². The van der Waals surface area contributed by atoms with Crippen LogP contribution in [-0.4, -0.2) is 19.9 Å². The standard InChI is InChI=1S/C14H13ClFN5/c1-7-3-9(4-8(2)10(7)16)5-17-12-11-13(19-6-18-11)21-14(15)20-12/h3-4,6H,5H2,1-2H3,(H2,17,18,19,20,21). The Bertz CT molecular complexity index is 791. The molecule has 3 aromatic rings. The molecule has 0 unspecified atom stereocenters. The average molecular weight is 306 g/mol. The zero-order chi connectivity index (χ0) is 15.0. The number of rotatable bonds is 3. The average Bonchev–Trinajstić information content (AvgIpc) is 2.90. The Balaban J connectivity index is 1.88. The van der Waals surface area contributed by atoms with Gasteiger partial charge in [-0.25, -0.2) is 9.37 Å². The highest BCUT2D eigenvalue weighted by molar-refractivity contribution is 6.28. The van der Waals surface area contributed by atoms with Crippen molar-refractivity contribution in [2.24, 2.45) is 0 Å². The zero-order valence-corrected chi connectivity index (χ0v) is 12.3. The van der Waals surface area contributed by atoms with Gasteiger partial charge in [-0.15, -0.1) is 0 Å². The van der Waals surface area contributed by atoms with E-state index in [-0.39, 0.29) is 11.1 Å². The predicted octanol–water partition coefficient (Wildman–Crippen LogP) is 3.37. The molecular formula is C14H13ClFN5. The van der Waals surface area contributed by atoms with Gasteiger partial charge in [0.25, 0.3) is 0 Å². The molecule has 3 rings (SSSR count). The molecule has 0 saturated carbocycles. The lowest BCUT2D eigenvalue weighted by molar-refractivity contribution is 0.608. The van der Waals surface area contributed by atoms with Gasteiger partial charge in [0.2, 0.25) is 5.28 Å². The first-order valence-electron chi connectivity index (χ1n) is 6.40. The van der Waals surface area contributed by atoms with E-state index in [4.69, 9.17) is 11.6 Å². The fourth-order valence-electron chi connectivity index (χ4n) is 2.26. The smallest absolute Gasteiger partial charge is 0.226 e. The van der Waals surface area contributed by atoms with Gasteiger partial charge < -0.3 is 10.3 Å². The summed E-state index contributed by atoms with van der Waals surface area (Å²) in [6.45, 7) is 4.00. The molecule has 0 saturated heterocycles. The number of nitrogens with zero attached hydrogens (tertiary/aromatic N) is 3. The maximum atomic E-state index is 13.6. The first-order chi connectivity index (χ1) is 10.0. The summed E-state index contributed by atoms with van der Waals surface area (Å²) in [6, 6.07) is 3.62. The molecule has 0 aliphatic rings. The van der Waals surface area contributed by atoms with Gasteiger partial charge in [-0.2, -0.15) is 9.97 Å². The zero-order valence-electron chi connectivity index (χ0n) is 11.5. The van der Waals surface area contributed by atoms with Gasteiger partial charge in [-0.3, -0.25) is 0 Å². The van der Waals surface area contributed by atoms with Crippen molar-refractivity contribution < 1.29 is 4.39 Å². The van der Waals surface area contributed by atoms with E-state index in [0.717, 1.165) is 5.56 Å². The number of halogens is 2. The number of aryl methyl sites for hydroxylation is 2. The maximum Gasteiger partial charge on any atom is 0.226 e. The van der Waals surface area contributed by atoms with E-state index >= 15 is 0 Å². The van der Waals surface area contributed by atoms with Gasteiger partial charge in [0, 0.05) is 6.54 Å². The lowest BCUT2D eigenvalue weighted by Gasteiger charge is -2.09. The number of aromatic amines is 1. The van der Waals surface area contributed by atoms with Crippen LogP contribution in [0.4, 0.5) is 10.2 Å². The summed E-state index contributed by atoms with van der Waals surface area (Å²) >= 11 is 5.87. The first kappa shape index (κ1) is 13.8. The van der Waals surface area contributed by atoms with E-state index in [2.05, 4.69) is 25.3 Å². The lowest BCUT2D eigenvalue weighted by atomic mass is 10.1. The lowest BCUT2D eigenvalue weighted by Crippen LogP contribution is -2.04. The van der Waals surface area contributed by atoms with Gasteiger partial charge in [0.1, 0.15) is 11.3 Å². The van der Waals surface area contributed by atoms with Crippen molar-refractivity contribution in [2.75, 3.05) is 5.32 Å². The number of H-pyrrole nitrogens is 1. The molecule has 108 valence electrons. The van der Waals surface area contributed by atoms with E-state index in [1.807, 2.05) is 12.1 Å². The van der Waals surface area contributed by atoms with Crippen molar-refractivity contribution in [3.63, 3.8) is 0 Å². The SMILES string of the molecule is Cc1cc(CNc2nc(Cl)nc3nc[nH]c23)cc(C)c1F. The van der Waals surface area contributed by atoms with Crippen molar-refractivity contribution in [2.45, 2.75) is 20.4 Å². The van der Waals surface area contributed by atoms with Crippen molar-refractivity contribution in [3.05, 3.63) is 46.3 Å². The minimum atomic E-state index is -0.167. The Morgan fingerprint density at radius 1 is 1.24 bits per heavy atom. The van der Waals surface area contributed by atoms with Crippen molar-refractivity contribution >= 4 is 28.6 Å². The van der Waals surface area contributed by atoms with Crippen LogP contribution >= 0.6 is 11.6 Å². The molecule has 2 N–H and O–H groups in total. The minimum Gasteiger partial charge on any atom is -0.364 e.